The zero-order valence-electron chi connectivity index (χ0n) is 17.4. The summed E-state index contributed by atoms with van der Waals surface area (Å²) in [4.78, 5) is 27.9. The minimum atomic E-state index is -0.294. The van der Waals surface area contributed by atoms with Crippen LogP contribution in [-0.2, 0) is 9.53 Å². The summed E-state index contributed by atoms with van der Waals surface area (Å²) in [6, 6.07) is 0.378. The summed E-state index contributed by atoms with van der Waals surface area (Å²) in [5.74, 6) is 0.605. The summed E-state index contributed by atoms with van der Waals surface area (Å²) >= 11 is 0. The SMILES string of the molecule is CC(=O)NC(C)(C)C[C@@H](C)N1CCC2(CC1)CN(CCC(C)C)C(=O)O2. The van der Waals surface area contributed by atoms with Gasteiger partial charge in [0.2, 0.25) is 5.91 Å². The number of piperidine rings is 1. The van der Waals surface area contributed by atoms with Gasteiger partial charge >= 0.3 is 6.09 Å². The van der Waals surface area contributed by atoms with E-state index in [0.717, 1.165) is 51.9 Å². The third kappa shape index (κ3) is 5.60. The highest BCUT2D eigenvalue weighted by Gasteiger charge is 2.47. The molecule has 0 aromatic heterocycles. The molecule has 150 valence electrons. The Morgan fingerprint density at radius 1 is 1.27 bits per heavy atom. The van der Waals surface area contributed by atoms with Gasteiger partial charge in [0.15, 0.2) is 0 Å². The van der Waals surface area contributed by atoms with Gasteiger partial charge < -0.3 is 19.9 Å². The van der Waals surface area contributed by atoms with Crippen LogP contribution >= 0.6 is 0 Å². The monoisotopic (exact) mass is 367 g/mol. The molecule has 0 aromatic carbocycles. The van der Waals surface area contributed by atoms with Gasteiger partial charge in [0.05, 0.1) is 6.54 Å². The van der Waals surface area contributed by atoms with Crippen LogP contribution in [0.25, 0.3) is 0 Å². The quantitative estimate of drug-likeness (QED) is 0.751. The first-order valence-electron chi connectivity index (χ1n) is 10.0. The van der Waals surface area contributed by atoms with E-state index in [4.69, 9.17) is 4.74 Å². The van der Waals surface area contributed by atoms with Crippen molar-refractivity contribution in [1.82, 2.24) is 15.1 Å². The molecule has 6 nitrogen and oxygen atoms in total. The molecule has 2 aliphatic rings. The largest absolute Gasteiger partial charge is 0.441 e. The van der Waals surface area contributed by atoms with Crippen molar-refractivity contribution in [2.75, 3.05) is 26.2 Å². The Bertz CT molecular complexity index is 510. The van der Waals surface area contributed by atoms with Crippen LogP contribution in [0.4, 0.5) is 4.79 Å². The van der Waals surface area contributed by atoms with E-state index in [9.17, 15) is 9.59 Å². The lowest BCUT2D eigenvalue weighted by Crippen LogP contribution is -2.52. The maximum absolute atomic E-state index is 12.2. The minimum absolute atomic E-state index is 0.0131. The fraction of sp³-hybridized carbons (Fsp3) is 0.900. The second-order valence-electron chi connectivity index (χ2n) is 9.31. The molecule has 2 rings (SSSR count). The van der Waals surface area contributed by atoms with Gasteiger partial charge in [-0.15, -0.1) is 0 Å². The average molecular weight is 368 g/mol. The Hall–Kier alpha value is -1.30. The molecule has 0 saturated carbocycles. The molecule has 1 N–H and O–H groups in total. The van der Waals surface area contributed by atoms with Gasteiger partial charge in [-0.25, -0.2) is 4.79 Å². The third-order valence-electron chi connectivity index (χ3n) is 5.67. The second-order valence-corrected chi connectivity index (χ2v) is 9.31. The summed E-state index contributed by atoms with van der Waals surface area (Å²) < 4.78 is 5.82. The van der Waals surface area contributed by atoms with Gasteiger partial charge in [-0.2, -0.15) is 0 Å². The molecule has 2 aliphatic heterocycles. The summed E-state index contributed by atoms with van der Waals surface area (Å²) in [5.41, 5.74) is -0.509. The van der Waals surface area contributed by atoms with Gasteiger partial charge in [-0.1, -0.05) is 13.8 Å². The first-order valence-corrected chi connectivity index (χ1v) is 10.0. The summed E-state index contributed by atoms with van der Waals surface area (Å²) in [6.07, 6.45) is 3.56. The molecule has 2 heterocycles. The van der Waals surface area contributed by atoms with Crippen molar-refractivity contribution in [3.63, 3.8) is 0 Å². The third-order valence-corrected chi connectivity index (χ3v) is 5.67. The van der Waals surface area contributed by atoms with Gasteiger partial charge in [-0.05, 0) is 39.5 Å². The number of nitrogens with one attached hydrogen (secondary N) is 1. The Labute approximate surface area is 158 Å². The molecule has 1 atom stereocenters. The van der Waals surface area contributed by atoms with E-state index in [0.29, 0.717) is 12.0 Å². The molecular weight excluding hydrogens is 330 g/mol. The first kappa shape index (κ1) is 21.0. The zero-order chi connectivity index (χ0) is 19.5. The predicted molar refractivity (Wildman–Crippen MR) is 103 cm³/mol. The molecule has 2 amide bonds. The maximum atomic E-state index is 12.2. The van der Waals surface area contributed by atoms with E-state index >= 15 is 0 Å². The average Bonchev–Trinajstić information content (AvgIpc) is 2.79. The molecule has 2 fully saturated rings. The van der Waals surface area contributed by atoms with Gasteiger partial charge in [-0.3, -0.25) is 4.79 Å². The van der Waals surface area contributed by atoms with Gasteiger partial charge in [0.25, 0.3) is 0 Å². The Balaban J connectivity index is 1.85. The molecular formula is C20H37N3O3. The fourth-order valence-electron chi connectivity index (χ4n) is 4.31. The number of ether oxygens (including phenoxy) is 1. The zero-order valence-corrected chi connectivity index (χ0v) is 17.4. The Morgan fingerprint density at radius 2 is 1.88 bits per heavy atom. The Kier molecular flexibility index (Phi) is 6.59. The lowest BCUT2D eigenvalue weighted by Gasteiger charge is -2.42. The lowest BCUT2D eigenvalue weighted by atomic mass is 9.88. The minimum Gasteiger partial charge on any atom is -0.441 e. The van der Waals surface area contributed by atoms with Crippen LogP contribution in [0, 0.1) is 5.92 Å². The van der Waals surface area contributed by atoms with Crippen LogP contribution < -0.4 is 5.32 Å². The molecule has 0 aliphatic carbocycles. The number of nitrogens with zero attached hydrogens (tertiary/aromatic N) is 2. The highest BCUT2D eigenvalue weighted by atomic mass is 16.6. The summed E-state index contributed by atoms with van der Waals surface area (Å²) in [7, 11) is 0. The van der Waals surface area contributed by atoms with Crippen molar-refractivity contribution in [3.05, 3.63) is 0 Å². The highest BCUT2D eigenvalue weighted by molar-refractivity contribution is 5.73. The van der Waals surface area contributed by atoms with Crippen molar-refractivity contribution in [2.45, 2.75) is 84.4 Å². The van der Waals surface area contributed by atoms with Crippen LogP contribution in [0.1, 0.15) is 67.2 Å². The van der Waals surface area contributed by atoms with E-state index in [-0.39, 0.29) is 23.1 Å². The van der Waals surface area contributed by atoms with Crippen molar-refractivity contribution < 1.29 is 14.3 Å². The molecule has 0 radical (unpaired) electrons. The summed E-state index contributed by atoms with van der Waals surface area (Å²) in [6.45, 7) is 15.7. The number of rotatable bonds is 7. The number of hydrogen-bond donors (Lipinski definition) is 1. The summed E-state index contributed by atoms with van der Waals surface area (Å²) in [5, 5.41) is 3.03. The molecule has 0 aromatic rings. The number of amides is 2. The van der Waals surface area contributed by atoms with E-state index in [1.807, 2.05) is 4.90 Å². The van der Waals surface area contributed by atoms with Crippen molar-refractivity contribution in [1.29, 1.82) is 0 Å². The standard InChI is InChI=1S/C20H37N3O3/c1-15(2)7-10-23-14-20(26-18(23)25)8-11-22(12-9-20)16(3)13-19(5,6)21-17(4)24/h15-16H,7-14H2,1-6H3,(H,21,24)/t16-/m1/s1. The fourth-order valence-corrected chi connectivity index (χ4v) is 4.31. The lowest BCUT2D eigenvalue weighted by molar-refractivity contribution is -0.120. The van der Waals surface area contributed by atoms with E-state index < -0.39 is 0 Å². The van der Waals surface area contributed by atoms with Crippen molar-refractivity contribution >= 4 is 12.0 Å². The topological polar surface area (TPSA) is 61.9 Å². The van der Waals surface area contributed by atoms with Crippen LogP contribution in [-0.4, -0.2) is 65.2 Å². The van der Waals surface area contributed by atoms with E-state index in [2.05, 4.69) is 44.8 Å². The van der Waals surface area contributed by atoms with Gasteiger partial charge in [0, 0.05) is 51.0 Å². The van der Waals surface area contributed by atoms with E-state index in [1.54, 1.807) is 6.92 Å². The molecule has 0 bridgehead atoms. The second kappa shape index (κ2) is 8.15. The van der Waals surface area contributed by atoms with Crippen LogP contribution in [0.5, 0.6) is 0 Å². The molecule has 0 unspecified atom stereocenters. The van der Waals surface area contributed by atoms with Crippen LogP contribution in [0.15, 0.2) is 0 Å². The number of carbonyl (C=O) groups excluding carboxylic acids is 2. The van der Waals surface area contributed by atoms with Crippen molar-refractivity contribution in [2.24, 2.45) is 5.92 Å². The number of carbonyl (C=O) groups is 2. The van der Waals surface area contributed by atoms with E-state index in [1.165, 1.54) is 0 Å². The van der Waals surface area contributed by atoms with Crippen LogP contribution in [0.3, 0.4) is 0 Å². The molecule has 2 saturated heterocycles. The molecule has 6 heteroatoms. The first-order chi connectivity index (χ1) is 12.0. The number of likely N-dealkylation sites (tertiary alicyclic amines) is 1. The maximum Gasteiger partial charge on any atom is 0.410 e. The van der Waals surface area contributed by atoms with Crippen LogP contribution in [0.2, 0.25) is 0 Å². The number of hydrogen-bond acceptors (Lipinski definition) is 4. The van der Waals surface area contributed by atoms with Crippen molar-refractivity contribution in [3.8, 4) is 0 Å². The van der Waals surface area contributed by atoms with Gasteiger partial charge in [0.1, 0.15) is 5.60 Å². The smallest absolute Gasteiger partial charge is 0.410 e. The highest BCUT2D eigenvalue weighted by Crippen LogP contribution is 2.34. The normalized spacial score (nSPS) is 22.0. The molecule has 26 heavy (non-hydrogen) atoms. The Morgan fingerprint density at radius 3 is 2.42 bits per heavy atom. The predicted octanol–water partition coefficient (Wildman–Crippen LogP) is 3.01. The molecule has 1 spiro atoms.